The summed E-state index contributed by atoms with van der Waals surface area (Å²) in [7, 11) is 0. The van der Waals surface area contributed by atoms with Crippen LogP contribution in [0.2, 0.25) is 0 Å². The van der Waals surface area contributed by atoms with Crippen LogP contribution in [0.4, 0.5) is 0 Å². The number of rotatable bonds is 3. The summed E-state index contributed by atoms with van der Waals surface area (Å²) in [6.07, 6.45) is 8.47. The molecular weight excluding hydrogens is 242 g/mol. The molecule has 1 aliphatic heterocycles. The molecule has 0 amide bonds. The van der Waals surface area contributed by atoms with Crippen molar-refractivity contribution >= 4 is 12.4 Å². The molecule has 100 valence electrons. The van der Waals surface area contributed by atoms with Crippen molar-refractivity contribution in [3.05, 3.63) is 35.9 Å². The van der Waals surface area contributed by atoms with Crippen LogP contribution in [0.1, 0.15) is 44.1 Å². The maximum atomic E-state index is 2.70. The van der Waals surface area contributed by atoms with E-state index in [1.54, 1.807) is 5.56 Å². The number of likely N-dealkylation sites (tertiary alicyclic amines) is 1. The van der Waals surface area contributed by atoms with Gasteiger partial charge in [0.15, 0.2) is 0 Å². The van der Waals surface area contributed by atoms with Gasteiger partial charge in [-0.05, 0) is 44.3 Å². The quantitative estimate of drug-likeness (QED) is 0.798. The van der Waals surface area contributed by atoms with Gasteiger partial charge in [0.2, 0.25) is 0 Å². The molecule has 0 radical (unpaired) electrons. The summed E-state index contributed by atoms with van der Waals surface area (Å²) in [5.74, 6) is 0. The number of halogens is 1. The Bertz CT molecular complexity index is 353. The van der Waals surface area contributed by atoms with Gasteiger partial charge >= 0.3 is 0 Å². The van der Waals surface area contributed by atoms with Crippen LogP contribution in [0, 0.1) is 0 Å². The summed E-state index contributed by atoms with van der Waals surface area (Å²) in [4.78, 5) is 2.70. The Morgan fingerprint density at radius 1 is 0.889 bits per heavy atom. The van der Waals surface area contributed by atoms with Crippen molar-refractivity contribution in [2.75, 3.05) is 19.6 Å². The zero-order valence-corrected chi connectivity index (χ0v) is 11.9. The first-order valence-corrected chi connectivity index (χ1v) is 7.17. The van der Waals surface area contributed by atoms with Crippen molar-refractivity contribution in [2.45, 2.75) is 43.9 Å². The minimum Gasteiger partial charge on any atom is -0.302 e. The second-order valence-corrected chi connectivity index (χ2v) is 5.84. The summed E-state index contributed by atoms with van der Waals surface area (Å²) in [6.45, 7) is 3.96. The Morgan fingerprint density at radius 3 is 2.11 bits per heavy atom. The minimum atomic E-state index is 0. The molecule has 1 aromatic rings. The van der Waals surface area contributed by atoms with E-state index in [2.05, 4.69) is 35.2 Å². The summed E-state index contributed by atoms with van der Waals surface area (Å²) >= 11 is 0. The van der Waals surface area contributed by atoms with Crippen LogP contribution < -0.4 is 0 Å². The molecule has 1 aliphatic carbocycles. The van der Waals surface area contributed by atoms with E-state index in [-0.39, 0.29) is 12.4 Å². The van der Waals surface area contributed by atoms with E-state index in [1.807, 2.05) is 0 Å². The Hall–Kier alpha value is -0.530. The van der Waals surface area contributed by atoms with E-state index < -0.39 is 0 Å². The molecule has 2 fully saturated rings. The van der Waals surface area contributed by atoms with E-state index in [0.717, 1.165) is 0 Å². The molecule has 0 N–H and O–H groups in total. The van der Waals surface area contributed by atoms with Gasteiger partial charge in [0, 0.05) is 12.0 Å². The van der Waals surface area contributed by atoms with Crippen LogP contribution in [-0.4, -0.2) is 24.5 Å². The molecule has 2 aliphatic rings. The maximum Gasteiger partial charge on any atom is 0.00803 e. The zero-order valence-electron chi connectivity index (χ0n) is 11.1. The van der Waals surface area contributed by atoms with Crippen molar-refractivity contribution in [3.63, 3.8) is 0 Å². The van der Waals surface area contributed by atoms with Crippen LogP contribution in [0.25, 0.3) is 0 Å². The van der Waals surface area contributed by atoms with Gasteiger partial charge in [-0.25, -0.2) is 0 Å². The van der Waals surface area contributed by atoms with Gasteiger partial charge in [-0.1, -0.05) is 43.2 Å². The standard InChI is InChI=1S/C16H23N.ClH/c1-3-8-15(9-4-1)16(10-7-11-16)14-17-12-5-2-6-13-17;/h1,3-4,8-9H,2,5-7,10-14H2;1H. The zero-order chi connectivity index (χ0) is 11.6. The van der Waals surface area contributed by atoms with E-state index in [1.165, 1.54) is 58.2 Å². The third kappa shape index (κ3) is 2.73. The Labute approximate surface area is 117 Å². The first-order chi connectivity index (χ1) is 8.39. The van der Waals surface area contributed by atoms with Crippen molar-refractivity contribution in [2.24, 2.45) is 0 Å². The van der Waals surface area contributed by atoms with Gasteiger partial charge in [-0.2, -0.15) is 0 Å². The topological polar surface area (TPSA) is 3.24 Å². The highest BCUT2D eigenvalue weighted by Gasteiger charge is 2.39. The SMILES string of the molecule is Cl.c1ccc(C2(CN3CCCCC3)CCC2)cc1. The van der Waals surface area contributed by atoms with E-state index in [0.29, 0.717) is 5.41 Å². The smallest absolute Gasteiger partial charge is 0.00803 e. The molecule has 1 heterocycles. The maximum absolute atomic E-state index is 2.70. The monoisotopic (exact) mass is 265 g/mol. The molecule has 2 heteroatoms. The highest BCUT2D eigenvalue weighted by Crippen LogP contribution is 2.44. The summed E-state index contributed by atoms with van der Waals surface area (Å²) < 4.78 is 0. The van der Waals surface area contributed by atoms with Gasteiger partial charge in [0.25, 0.3) is 0 Å². The number of hydrogen-bond donors (Lipinski definition) is 0. The normalized spacial score (nSPS) is 22.9. The second kappa shape index (κ2) is 6.08. The number of benzene rings is 1. The molecule has 3 rings (SSSR count). The van der Waals surface area contributed by atoms with E-state index in [4.69, 9.17) is 0 Å². The summed E-state index contributed by atoms with van der Waals surface area (Å²) in [5, 5.41) is 0. The lowest BCUT2D eigenvalue weighted by Gasteiger charge is -2.46. The predicted octanol–water partition coefficient (Wildman–Crippen LogP) is 4.02. The molecule has 18 heavy (non-hydrogen) atoms. The number of nitrogens with zero attached hydrogens (tertiary/aromatic N) is 1. The molecule has 0 spiro atoms. The largest absolute Gasteiger partial charge is 0.302 e. The molecule has 0 bridgehead atoms. The fourth-order valence-corrected chi connectivity index (χ4v) is 3.48. The molecule has 1 aromatic carbocycles. The summed E-state index contributed by atoms with van der Waals surface area (Å²) in [6, 6.07) is 11.2. The fraction of sp³-hybridized carbons (Fsp3) is 0.625. The van der Waals surface area contributed by atoms with Gasteiger partial charge in [0.1, 0.15) is 0 Å². The molecule has 1 saturated carbocycles. The number of hydrogen-bond acceptors (Lipinski definition) is 1. The Morgan fingerprint density at radius 2 is 1.56 bits per heavy atom. The lowest BCUT2D eigenvalue weighted by Crippen LogP contribution is -2.47. The second-order valence-electron chi connectivity index (χ2n) is 5.84. The predicted molar refractivity (Wildman–Crippen MR) is 79.5 cm³/mol. The Kier molecular flexibility index (Phi) is 4.69. The fourth-order valence-electron chi connectivity index (χ4n) is 3.48. The number of piperidine rings is 1. The van der Waals surface area contributed by atoms with Gasteiger partial charge in [-0.15, -0.1) is 12.4 Å². The van der Waals surface area contributed by atoms with Crippen molar-refractivity contribution < 1.29 is 0 Å². The summed E-state index contributed by atoms with van der Waals surface area (Å²) in [5.41, 5.74) is 2.08. The van der Waals surface area contributed by atoms with Crippen LogP contribution in [0.15, 0.2) is 30.3 Å². The van der Waals surface area contributed by atoms with Gasteiger partial charge in [0.05, 0.1) is 0 Å². The average molecular weight is 266 g/mol. The molecular formula is C16H24ClN. The minimum absolute atomic E-state index is 0. The van der Waals surface area contributed by atoms with E-state index >= 15 is 0 Å². The highest BCUT2D eigenvalue weighted by molar-refractivity contribution is 5.85. The third-order valence-corrected chi connectivity index (χ3v) is 4.67. The van der Waals surface area contributed by atoms with Crippen LogP contribution in [0.5, 0.6) is 0 Å². The molecule has 0 atom stereocenters. The first-order valence-electron chi connectivity index (χ1n) is 7.17. The van der Waals surface area contributed by atoms with Crippen molar-refractivity contribution in [1.82, 2.24) is 4.90 Å². The van der Waals surface area contributed by atoms with E-state index in [9.17, 15) is 0 Å². The van der Waals surface area contributed by atoms with Crippen molar-refractivity contribution in [1.29, 1.82) is 0 Å². The lowest BCUT2D eigenvalue weighted by atomic mass is 9.64. The highest BCUT2D eigenvalue weighted by atomic mass is 35.5. The average Bonchev–Trinajstić information content (AvgIpc) is 2.36. The molecule has 1 nitrogen and oxygen atoms in total. The molecule has 1 saturated heterocycles. The van der Waals surface area contributed by atoms with Crippen LogP contribution in [-0.2, 0) is 5.41 Å². The lowest BCUT2D eigenvalue weighted by molar-refractivity contribution is 0.122. The molecule has 0 unspecified atom stereocenters. The van der Waals surface area contributed by atoms with Gasteiger partial charge in [-0.3, -0.25) is 0 Å². The van der Waals surface area contributed by atoms with Crippen LogP contribution >= 0.6 is 12.4 Å². The molecule has 0 aromatic heterocycles. The first kappa shape index (κ1) is 13.9. The Balaban J connectivity index is 0.00000120. The van der Waals surface area contributed by atoms with Crippen LogP contribution in [0.3, 0.4) is 0 Å². The van der Waals surface area contributed by atoms with Crippen molar-refractivity contribution in [3.8, 4) is 0 Å². The van der Waals surface area contributed by atoms with Gasteiger partial charge < -0.3 is 4.90 Å². The third-order valence-electron chi connectivity index (χ3n) is 4.67.